The average Bonchev–Trinajstić information content (AvgIpc) is 2.51. The lowest BCUT2D eigenvalue weighted by atomic mass is 9.95. The van der Waals surface area contributed by atoms with Crippen LogP contribution in [0, 0.1) is 6.92 Å². The molecular formula is C19H23NO3. The van der Waals surface area contributed by atoms with E-state index in [0.717, 1.165) is 40.9 Å². The molecule has 0 spiro atoms. The third kappa shape index (κ3) is 4.09. The number of nitrogens with one attached hydrogen (secondary N) is 1. The van der Waals surface area contributed by atoms with Crippen molar-refractivity contribution < 1.29 is 14.7 Å². The standard InChI is InChI=1S/C19H23NO3/c1-4-14(19(22)23)10-15-11-16(9-8-12(15)2)20-17-6-5-7-18(21)13(17)3/h8-11,20H,4-7H2,1-3H3,(H,22,23)/b14-10+. The molecule has 1 aromatic rings. The van der Waals surface area contributed by atoms with Crippen LogP contribution in [0.1, 0.15) is 50.7 Å². The lowest BCUT2D eigenvalue weighted by Gasteiger charge is -2.19. The lowest BCUT2D eigenvalue weighted by molar-refractivity contribution is -0.132. The van der Waals surface area contributed by atoms with Gasteiger partial charge < -0.3 is 10.4 Å². The second-order valence-electron chi connectivity index (χ2n) is 5.90. The van der Waals surface area contributed by atoms with Crippen LogP contribution >= 0.6 is 0 Å². The van der Waals surface area contributed by atoms with Gasteiger partial charge in [0.25, 0.3) is 0 Å². The van der Waals surface area contributed by atoms with Crippen molar-refractivity contribution in [1.29, 1.82) is 0 Å². The number of ketones is 1. The van der Waals surface area contributed by atoms with Crippen LogP contribution in [-0.2, 0) is 9.59 Å². The second-order valence-corrected chi connectivity index (χ2v) is 5.90. The number of benzene rings is 1. The molecule has 0 saturated carbocycles. The zero-order valence-corrected chi connectivity index (χ0v) is 13.9. The van der Waals surface area contributed by atoms with Crippen molar-refractivity contribution in [3.8, 4) is 0 Å². The summed E-state index contributed by atoms with van der Waals surface area (Å²) in [6.07, 6.45) is 4.56. The van der Waals surface area contributed by atoms with Gasteiger partial charge in [0, 0.05) is 29.0 Å². The van der Waals surface area contributed by atoms with Crippen molar-refractivity contribution in [2.45, 2.75) is 46.5 Å². The van der Waals surface area contributed by atoms with Crippen LogP contribution in [0.5, 0.6) is 0 Å². The van der Waals surface area contributed by atoms with Gasteiger partial charge in [-0.15, -0.1) is 0 Å². The maximum Gasteiger partial charge on any atom is 0.331 e. The van der Waals surface area contributed by atoms with Crippen LogP contribution in [0.25, 0.3) is 6.08 Å². The summed E-state index contributed by atoms with van der Waals surface area (Å²) in [5.41, 5.74) is 4.94. The molecule has 1 aliphatic rings. The van der Waals surface area contributed by atoms with Gasteiger partial charge in [-0.05, 0) is 62.4 Å². The van der Waals surface area contributed by atoms with Gasteiger partial charge in [0.15, 0.2) is 5.78 Å². The molecule has 1 aliphatic carbocycles. The Balaban J connectivity index is 2.32. The van der Waals surface area contributed by atoms with Crippen molar-refractivity contribution in [2.75, 3.05) is 5.32 Å². The van der Waals surface area contributed by atoms with Crippen molar-refractivity contribution in [3.05, 3.63) is 46.2 Å². The van der Waals surface area contributed by atoms with Gasteiger partial charge in [0.05, 0.1) is 0 Å². The van der Waals surface area contributed by atoms with Crippen LogP contribution in [0.4, 0.5) is 5.69 Å². The molecule has 0 bridgehead atoms. The largest absolute Gasteiger partial charge is 0.478 e. The highest BCUT2D eigenvalue weighted by Crippen LogP contribution is 2.26. The zero-order valence-electron chi connectivity index (χ0n) is 13.9. The fraction of sp³-hybridized carbons (Fsp3) is 0.368. The van der Waals surface area contributed by atoms with E-state index in [2.05, 4.69) is 5.32 Å². The molecule has 0 saturated heterocycles. The monoisotopic (exact) mass is 313 g/mol. The third-order valence-electron chi connectivity index (χ3n) is 4.26. The van der Waals surface area contributed by atoms with E-state index in [1.54, 1.807) is 6.08 Å². The molecule has 0 amide bonds. The van der Waals surface area contributed by atoms with Crippen LogP contribution in [-0.4, -0.2) is 16.9 Å². The number of carbonyl (C=O) groups excluding carboxylic acids is 1. The summed E-state index contributed by atoms with van der Waals surface area (Å²) in [6, 6.07) is 5.86. The number of hydrogen-bond donors (Lipinski definition) is 2. The fourth-order valence-corrected chi connectivity index (χ4v) is 2.68. The molecule has 0 aromatic heterocycles. The van der Waals surface area contributed by atoms with Crippen molar-refractivity contribution >= 4 is 23.5 Å². The average molecular weight is 313 g/mol. The fourth-order valence-electron chi connectivity index (χ4n) is 2.68. The first kappa shape index (κ1) is 17.0. The molecule has 0 aliphatic heterocycles. The Bertz CT molecular complexity index is 699. The molecule has 0 unspecified atom stereocenters. The first-order valence-electron chi connectivity index (χ1n) is 7.97. The number of rotatable bonds is 5. The number of carbonyl (C=O) groups is 2. The van der Waals surface area contributed by atoms with E-state index in [1.165, 1.54) is 0 Å². The molecule has 2 rings (SSSR count). The predicted molar refractivity (Wildman–Crippen MR) is 92.3 cm³/mol. The minimum absolute atomic E-state index is 0.199. The SMILES string of the molecule is CC/C(=C\c1cc(NC2=C(C)C(=O)CCC2)ccc1C)C(=O)O. The van der Waals surface area contributed by atoms with Crippen molar-refractivity contribution in [1.82, 2.24) is 0 Å². The van der Waals surface area contributed by atoms with Gasteiger partial charge in [-0.2, -0.15) is 0 Å². The highest BCUT2D eigenvalue weighted by molar-refractivity contribution is 5.97. The van der Waals surface area contributed by atoms with Crippen molar-refractivity contribution in [3.63, 3.8) is 0 Å². The number of anilines is 1. The first-order chi connectivity index (χ1) is 10.9. The Hall–Kier alpha value is -2.36. The van der Waals surface area contributed by atoms with Gasteiger partial charge in [-0.25, -0.2) is 4.79 Å². The van der Waals surface area contributed by atoms with Crippen molar-refractivity contribution in [2.24, 2.45) is 0 Å². The van der Waals surface area contributed by atoms with E-state index in [9.17, 15) is 14.7 Å². The molecular weight excluding hydrogens is 290 g/mol. The Labute approximate surface area is 136 Å². The third-order valence-corrected chi connectivity index (χ3v) is 4.26. The van der Waals surface area contributed by atoms with Gasteiger partial charge in [0.1, 0.15) is 0 Å². The van der Waals surface area contributed by atoms with Crippen LogP contribution in [0.15, 0.2) is 35.0 Å². The van der Waals surface area contributed by atoms with Crippen LogP contribution < -0.4 is 5.32 Å². The summed E-state index contributed by atoms with van der Waals surface area (Å²) in [5.74, 6) is -0.688. The van der Waals surface area contributed by atoms with Gasteiger partial charge in [0.2, 0.25) is 0 Å². The Morgan fingerprint density at radius 2 is 2.04 bits per heavy atom. The number of carboxylic acid groups (broad SMARTS) is 1. The van der Waals surface area contributed by atoms with Gasteiger partial charge >= 0.3 is 5.97 Å². The highest BCUT2D eigenvalue weighted by Gasteiger charge is 2.17. The number of hydrogen-bond acceptors (Lipinski definition) is 3. The summed E-state index contributed by atoms with van der Waals surface area (Å²) < 4.78 is 0. The Kier molecular flexibility index (Phi) is 5.37. The normalized spacial score (nSPS) is 15.8. The summed E-state index contributed by atoms with van der Waals surface area (Å²) >= 11 is 0. The minimum Gasteiger partial charge on any atom is -0.478 e. The number of aliphatic carboxylic acids is 1. The Morgan fingerprint density at radius 3 is 2.70 bits per heavy atom. The highest BCUT2D eigenvalue weighted by atomic mass is 16.4. The van der Waals surface area contributed by atoms with Gasteiger partial charge in [-0.1, -0.05) is 13.0 Å². The second kappa shape index (κ2) is 7.27. The van der Waals surface area contributed by atoms with Crippen LogP contribution in [0.2, 0.25) is 0 Å². The molecule has 4 heteroatoms. The van der Waals surface area contributed by atoms with E-state index in [1.807, 2.05) is 39.0 Å². The number of Topliss-reactive ketones (excluding diaryl/α,β-unsaturated/α-hetero) is 1. The van der Waals surface area contributed by atoms with Gasteiger partial charge in [-0.3, -0.25) is 4.79 Å². The first-order valence-corrected chi connectivity index (χ1v) is 7.97. The molecule has 1 aromatic carbocycles. The predicted octanol–water partition coefficient (Wildman–Crippen LogP) is 4.31. The number of carboxylic acids is 1. The Morgan fingerprint density at radius 1 is 1.30 bits per heavy atom. The maximum atomic E-state index is 11.8. The van der Waals surface area contributed by atoms with E-state index in [4.69, 9.17) is 0 Å². The summed E-state index contributed by atoms with van der Waals surface area (Å²) in [4.78, 5) is 23.0. The molecule has 0 heterocycles. The minimum atomic E-state index is -0.887. The number of allylic oxidation sites excluding steroid dienone is 2. The molecule has 0 atom stereocenters. The molecule has 4 nitrogen and oxygen atoms in total. The summed E-state index contributed by atoms with van der Waals surface area (Å²) in [7, 11) is 0. The number of aryl methyl sites for hydroxylation is 1. The summed E-state index contributed by atoms with van der Waals surface area (Å²) in [6.45, 7) is 5.65. The molecule has 23 heavy (non-hydrogen) atoms. The van der Waals surface area contributed by atoms with E-state index < -0.39 is 5.97 Å². The maximum absolute atomic E-state index is 11.8. The molecule has 0 fully saturated rings. The van der Waals surface area contributed by atoms with E-state index in [0.29, 0.717) is 18.4 Å². The molecule has 2 N–H and O–H groups in total. The topological polar surface area (TPSA) is 66.4 Å². The summed E-state index contributed by atoms with van der Waals surface area (Å²) in [5, 5.41) is 12.5. The zero-order chi connectivity index (χ0) is 17.0. The lowest BCUT2D eigenvalue weighted by Crippen LogP contribution is -2.14. The molecule has 0 radical (unpaired) electrons. The quantitative estimate of drug-likeness (QED) is 0.795. The van der Waals surface area contributed by atoms with E-state index >= 15 is 0 Å². The van der Waals surface area contributed by atoms with Crippen LogP contribution in [0.3, 0.4) is 0 Å². The van der Waals surface area contributed by atoms with E-state index in [-0.39, 0.29) is 5.78 Å². The molecule has 122 valence electrons. The smallest absolute Gasteiger partial charge is 0.331 e.